The fourth-order valence-electron chi connectivity index (χ4n) is 1.12. The van der Waals surface area contributed by atoms with Crippen molar-refractivity contribution in [3.8, 4) is 0 Å². The number of nitrogens with one attached hydrogen (secondary N) is 1. The highest BCUT2D eigenvalue weighted by atomic mass is 79.9. The molecule has 0 aliphatic rings. The standard InChI is InChI=1S/C10H9BrN2S/c1-7(11)6-12-10-13-8-4-2-3-5-9(8)14-10/h2-5H,1,6H2,(H,12,13). The van der Waals surface area contributed by atoms with Crippen LogP contribution in [-0.4, -0.2) is 11.5 Å². The van der Waals surface area contributed by atoms with Gasteiger partial charge in [0, 0.05) is 11.0 Å². The van der Waals surface area contributed by atoms with E-state index in [0.29, 0.717) is 6.54 Å². The second kappa shape index (κ2) is 4.11. The molecule has 2 nitrogen and oxygen atoms in total. The van der Waals surface area contributed by atoms with Gasteiger partial charge in [0.25, 0.3) is 0 Å². The Morgan fingerprint density at radius 3 is 3.00 bits per heavy atom. The molecule has 0 amide bonds. The first-order valence-electron chi connectivity index (χ1n) is 4.18. The number of halogens is 1. The number of aromatic nitrogens is 1. The molecule has 2 rings (SSSR count). The van der Waals surface area contributed by atoms with Gasteiger partial charge in [-0.25, -0.2) is 4.98 Å². The Morgan fingerprint density at radius 1 is 1.50 bits per heavy atom. The minimum absolute atomic E-state index is 0.708. The molecule has 4 heteroatoms. The molecule has 2 aromatic rings. The van der Waals surface area contributed by atoms with Crippen LogP contribution in [-0.2, 0) is 0 Å². The number of thiazole rings is 1. The highest BCUT2D eigenvalue weighted by molar-refractivity contribution is 9.11. The van der Waals surface area contributed by atoms with Gasteiger partial charge in [-0.15, -0.1) is 0 Å². The molecule has 0 radical (unpaired) electrons. The summed E-state index contributed by atoms with van der Waals surface area (Å²) in [6, 6.07) is 8.10. The van der Waals surface area contributed by atoms with Crippen LogP contribution in [0.3, 0.4) is 0 Å². The lowest BCUT2D eigenvalue weighted by Crippen LogP contribution is -1.99. The van der Waals surface area contributed by atoms with Crippen LogP contribution in [0.4, 0.5) is 5.13 Å². The predicted molar refractivity (Wildman–Crippen MR) is 66.2 cm³/mol. The molecule has 0 spiro atoms. The van der Waals surface area contributed by atoms with E-state index in [1.807, 2.05) is 18.2 Å². The lowest BCUT2D eigenvalue weighted by molar-refractivity contribution is 1.30. The van der Waals surface area contributed by atoms with E-state index in [0.717, 1.165) is 15.1 Å². The molecule has 1 aromatic heterocycles. The van der Waals surface area contributed by atoms with Crippen LogP contribution in [0, 0.1) is 0 Å². The molecular weight excluding hydrogens is 260 g/mol. The highest BCUT2D eigenvalue weighted by Gasteiger charge is 2.01. The van der Waals surface area contributed by atoms with Gasteiger partial charge < -0.3 is 5.32 Å². The van der Waals surface area contributed by atoms with Gasteiger partial charge >= 0.3 is 0 Å². The van der Waals surface area contributed by atoms with Crippen molar-refractivity contribution in [1.29, 1.82) is 0 Å². The molecule has 72 valence electrons. The van der Waals surface area contributed by atoms with Crippen molar-refractivity contribution < 1.29 is 0 Å². The monoisotopic (exact) mass is 268 g/mol. The number of hydrogen-bond acceptors (Lipinski definition) is 3. The van der Waals surface area contributed by atoms with Gasteiger partial charge in [-0.1, -0.05) is 46.0 Å². The zero-order valence-corrected chi connectivity index (χ0v) is 9.86. The lowest BCUT2D eigenvalue weighted by Gasteiger charge is -1.97. The van der Waals surface area contributed by atoms with E-state index in [2.05, 4.69) is 38.9 Å². The van der Waals surface area contributed by atoms with Crippen molar-refractivity contribution in [2.75, 3.05) is 11.9 Å². The lowest BCUT2D eigenvalue weighted by atomic mass is 10.3. The summed E-state index contributed by atoms with van der Waals surface area (Å²) in [6.45, 7) is 4.46. The Labute approximate surface area is 94.8 Å². The maximum Gasteiger partial charge on any atom is 0.184 e. The summed E-state index contributed by atoms with van der Waals surface area (Å²) in [5, 5.41) is 4.13. The van der Waals surface area contributed by atoms with Crippen LogP contribution in [0.25, 0.3) is 10.2 Å². The average Bonchev–Trinajstić information content (AvgIpc) is 2.57. The fourth-order valence-corrected chi connectivity index (χ4v) is 2.12. The van der Waals surface area contributed by atoms with E-state index in [1.165, 1.54) is 4.70 Å². The SMILES string of the molecule is C=C(Br)CNc1nc2ccccc2s1. The normalized spacial score (nSPS) is 10.4. The third-order valence-electron chi connectivity index (χ3n) is 1.73. The molecule has 0 atom stereocenters. The van der Waals surface area contributed by atoms with Gasteiger partial charge in [0.1, 0.15) is 0 Å². The summed E-state index contributed by atoms with van der Waals surface area (Å²) in [7, 11) is 0. The van der Waals surface area contributed by atoms with E-state index in [9.17, 15) is 0 Å². The molecule has 0 aliphatic heterocycles. The van der Waals surface area contributed by atoms with E-state index in [1.54, 1.807) is 11.3 Å². The summed E-state index contributed by atoms with van der Waals surface area (Å²) in [6.07, 6.45) is 0. The minimum atomic E-state index is 0.708. The van der Waals surface area contributed by atoms with Crippen molar-refractivity contribution in [3.63, 3.8) is 0 Å². The van der Waals surface area contributed by atoms with Crippen molar-refractivity contribution in [1.82, 2.24) is 4.98 Å². The molecule has 1 N–H and O–H groups in total. The van der Waals surface area contributed by atoms with Gasteiger partial charge in [0.05, 0.1) is 10.2 Å². The quantitative estimate of drug-likeness (QED) is 0.920. The smallest absolute Gasteiger partial charge is 0.184 e. The number of fused-ring (bicyclic) bond motifs is 1. The third kappa shape index (κ3) is 2.13. The maximum atomic E-state index is 4.43. The first kappa shape index (κ1) is 9.68. The van der Waals surface area contributed by atoms with Crippen LogP contribution in [0.5, 0.6) is 0 Å². The number of anilines is 1. The van der Waals surface area contributed by atoms with Crippen LogP contribution >= 0.6 is 27.3 Å². The van der Waals surface area contributed by atoms with E-state index in [-0.39, 0.29) is 0 Å². The Balaban J connectivity index is 2.22. The molecule has 14 heavy (non-hydrogen) atoms. The van der Waals surface area contributed by atoms with Crippen molar-refractivity contribution in [3.05, 3.63) is 35.3 Å². The van der Waals surface area contributed by atoms with Crippen molar-refractivity contribution in [2.24, 2.45) is 0 Å². The predicted octanol–water partition coefficient (Wildman–Crippen LogP) is 3.62. The fraction of sp³-hybridized carbons (Fsp3) is 0.100. The minimum Gasteiger partial charge on any atom is -0.357 e. The Bertz CT molecular complexity index is 431. The molecule has 0 unspecified atom stereocenters. The zero-order chi connectivity index (χ0) is 9.97. The Morgan fingerprint density at radius 2 is 2.29 bits per heavy atom. The van der Waals surface area contributed by atoms with Crippen LogP contribution in [0.2, 0.25) is 0 Å². The van der Waals surface area contributed by atoms with Crippen LogP contribution in [0.15, 0.2) is 35.3 Å². The van der Waals surface area contributed by atoms with Crippen molar-refractivity contribution in [2.45, 2.75) is 0 Å². The number of rotatable bonds is 3. The number of benzene rings is 1. The Hall–Kier alpha value is -0.870. The number of nitrogens with zero attached hydrogens (tertiary/aromatic N) is 1. The second-order valence-electron chi connectivity index (χ2n) is 2.86. The topological polar surface area (TPSA) is 24.9 Å². The molecule has 1 heterocycles. The van der Waals surface area contributed by atoms with Gasteiger partial charge in [0.15, 0.2) is 5.13 Å². The average molecular weight is 269 g/mol. The van der Waals surface area contributed by atoms with Crippen molar-refractivity contribution >= 4 is 42.6 Å². The molecule has 0 saturated heterocycles. The largest absolute Gasteiger partial charge is 0.357 e. The summed E-state index contributed by atoms with van der Waals surface area (Å²) < 4.78 is 2.13. The third-order valence-corrected chi connectivity index (χ3v) is 3.00. The summed E-state index contributed by atoms with van der Waals surface area (Å²) in [4.78, 5) is 4.43. The first-order valence-corrected chi connectivity index (χ1v) is 5.79. The first-order chi connectivity index (χ1) is 6.75. The van der Waals surface area contributed by atoms with E-state index >= 15 is 0 Å². The second-order valence-corrected chi connectivity index (χ2v) is 5.01. The molecule has 1 aromatic carbocycles. The van der Waals surface area contributed by atoms with Gasteiger partial charge in [-0.3, -0.25) is 0 Å². The molecule has 0 saturated carbocycles. The van der Waals surface area contributed by atoms with Gasteiger partial charge in [-0.2, -0.15) is 0 Å². The molecule has 0 bridgehead atoms. The van der Waals surface area contributed by atoms with Crippen LogP contribution < -0.4 is 5.32 Å². The number of hydrogen-bond donors (Lipinski definition) is 1. The molecular formula is C10H9BrN2S. The van der Waals surface area contributed by atoms with E-state index < -0.39 is 0 Å². The number of para-hydroxylation sites is 1. The molecule has 0 aliphatic carbocycles. The summed E-state index contributed by atoms with van der Waals surface area (Å²) in [5.74, 6) is 0. The molecule has 0 fully saturated rings. The van der Waals surface area contributed by atoms with E-state index in [4.69, 9.17) is 0 Å². The van der Waals surface area contributed by atoms with Gasteiger partial charge in [0.2, 0.25) is 0 Å². The summed E-state index contributed by atoms with van der Waals surface area (Å²) in [5.41, 5.74) is 1.04. The maximum absolute atomic E-state index is 4.43. The summed E-state index contributed by atoms with van der Waals surface area (Å²) >= 11 is 4.95. The van der Waals surface area contributed by atoms with Gasteiger partial charge in [-0.05, 0) is 12.1 Å². The van der Waals surface area contributed by atoms with Crippen LogP contribution in [0.1, 0.15) is 0 Å². The zero-order valence-electron chi connectivity index (χ0n) is 7.46. The Kier molecular flexibility index (Phi) is 2.84. The highest BCUT2D eigenvalue weighted by Crippen LogP contribution is 2.25.